The molecule has 0 saturated heterocycles. The lowest BCUT2D eigenvalue weighted by Gasteiger charge is -2.05. The van der Waals surface area contributed by atoms with E-state index in [0.29, 0.717) is 22.4 Å². The van der Waals surface area contributed by atoms with E-state index in [1.165, 1.54) is 35.9 Å². The predicted molar refractivity (Wildman–Crippen MR) is 88.5 cm³/mol. The second-order valence-electron chi connectivity index (χ2n) is 5.23. The molecule has 3 aromatic rings. The molecule has 0 amide bonds. The molecule has 0 bridgehead atoms. The Balaban J connectivity index is 1.64. The van der Waals surface area contributed by atoms with Crippen molar-refractivity contribution in [1.29, 1.82) is 0 Å². The van der Waals surface area contributed by atoms with E-state index in [1.807, 2.05) is 0 Å². The zero-order valence-corrected chi connectivity index (χ0v) is 13.4. The third kappa shape index (κ3) is 3.60. The van der Waals surface area contributed by atoms with Crippen LogP contribution in [-0.4, -0.2) is 23.6 Å². The van der Waals surface area contributed by atoms with Crippen LogP contribution in [-0.2, 0) is 16.1 Å². The summed E-state index contributed by atoms with van der Waals surface area (Å²) in [6.07, 6.45) is 0.00217. The van der Waals surface area contributed by atoms with Gasteiger partial charge >= 0.3 is 17.7 Å². The Bertz CT molecular complexity index is 967. The molecule has 0 spiro atoms. The Labute approximate surface area is 142 Å². The van der Waals surface area contributed by atoms with Crippen molar-refractivity contribution in [3.8, 4) is 5.75 Å². The Hall–Kier alpha value is -3.35. The normalized spacial score (nSPS) is 10.6. The maximum Gasteiger partial charge on any atom is 0.419 e. The summed E-state index contributed by atoms with van der Waals surface area (Å²) in [7, 11) is 1.29. The zero-order chi connectivity index (χ0) is 17.8. The molecule has 3 rings (SSSR count). The molecule has 0 aliphatic rings. The smallest absolute Gasteiger partial charge is 0.419 e. The van der Waals surface area contributed by atoms with E-state index < -0.39 is 17.7 Å². The number of aryl methyl sites for hydroxylation is 1. The summed E-state index contributed by atoms with van der Waals surface area (Å²) in [4.78, 5) is 35.2. The largest absolute Gasteiger partial charge is 0.465 e. The van der Waals surface area contributed by atoms with E-state index in [1.54, 1.807) is 24.3 Å². The van der Waals surface area contributed by atoms with Gasteiger partial charge in [0.2, 0.25) is 0 Å². The van der Waals surface area contributed by atoms with Crippen LogP contribution >= 0.6 is 0 Å². The van der Waals surface area contributed by atoms with Gasteiger partial charge in [-0.15, -0.1) is 0 Å². The van der Waals surface area contributed by atoms with Crippen molar-refractivity contribution in [2.75, 3.05) is 7.11 Å². The second kappa shape index (κ2) is 7.04. The molecule has 128 valence electrons. The molecule has 1 heterocycles. The first-order chi connectivity index (χ1) is 12.1. The van der Waals surface area contributed by atoms with E-state index in [2.05, 4.69) is 4.74 Å². The summed E-state index contributed by atoms with van der Waals surface area (Å²) in [5, 5.41) is 0. The lowest BCUT2D eigenvalue weighted by atomic mass is 10.2. The van der Waals surface area contributed by atoms with Gasteiger partial charge in [-0.3, -0.25) is 9.36 Å². The average Bonchev–Trinajstić information content (AvgIpc) is 2.95. The SMILES string of the molecule is COC(=O)c1ccc(OC(=O)CCn2c(=O)oc3ccccc32)cc1. The minimum atomic E-state index is -0.517. The molecule has 7 heteroatoms. The van der Waals surface area contributed by atoms with Crippen LogP contribution in [0.3, 0.4) is 0 Å². The van der Waals surface area contributed by atoms with Gasteiger partial charge in [0.05, 0.1) is 24.6 Å². The van der Waals surface area contributed by atoms with Crippen LogP contribution in [0.5, 0.6) is 5.75 Å². The summed E-state index contributed by atoms with van der Waals surface area (Å²) in [6, 6.07) is 13.0. The van der Waals surface area contributed by atoms with Crippen LogP contribution in [0.15, 0.2) is 57.7 Å². The number of aromatic nitrogens is 1. The molecule has 0 unspecified atom stereocenters. The van der Waals surface area contributed by atoms with Gasteiger partial charge in [-0.2, -0.15) is 0 Å². The first kappa shape index (κ1) is 16.5. The molecule has 0 fully saturated rings. The van der Waals surface area contributed by atoms with Gasteiger partial charge in [0.25, 0.3) is 0 Å². The van der Waals surface area contributed by atoms with Gasteiger partial charge in [-0.1, -0.05) is 12.1 Å². The molecule has 7 nitrogen and oxygen atoms in total. The van der Waals surface area contributed by atoms with Gasteiger partial charge < -0.3 is 13.9 Å². The molecule has 0 atom stereocenters. The Morgan fingerprint density at radius 3 is 2.52 bits per heavy atom. The summed E-state index contributed by atoms with van der Waals surface area (Å²) >= 11 is 0. The number of nitrogens with zero attached hydrogens (tertiary/aromatic N) is 1. The summed E-state index contributed by atoms with van der Waals surface area (Å²) in [5.74, 6) is -1.18. The van der Waals surface area contributed by atoms with Gasteiger partial charge in [-0.05, 0) is 36.4 Å². The number of rotatable bonds is 5. The number of carbonyl (C=O) groups is 2. The van der Waals surface area contributed by atoms with E-state index in [9.17, 15) is 14.4 Å². The van der Waals surface area contributed by atoms with E-state index in [4.69, 9.17) is 9.15 Å². The monoisotopic (exact) mass is 341 g/mol. The fourth-order valence-corrected chi connectivity index (χ4v) is 2.39. The number of hydrogen-bond acceptors (Lipinski definition) is 6. The highest BCUT2D eigenvalue weighted by Gasteiger charge is 2.12. The number of esters is 2. The van der Waals surface area contributed by atoms with Crippen molar-refractivity contribution in [2.45, 2.75) is 13.0 Å². The molecular weight excluding hydrogens is 326 g/mol. The highest BCUT2D eigenvalue weighted by atomic mass is 16.5. The van der Waals surface area contributed by atoms with Crippen LogP contribution < -0.4 is 10.5 Å². The minimum Gasteiger partial charge on any atom is -0.465 e. The number of fused-ring (bicyclic) bond motifs is 1. The highest BCUT2D eigenvalue weighted by molar-refractivity contribution is 5.89. The number of para-hydroxylation sites is 2. The van der Waals surface area contributed by atoms with Gasteiger partial charge in [0.1, 0.15) is 5.75 Å². The number of hydrogen-bond donors (Lipinski definition) is 0. The summed E-state index contributed by atoms with van der Waals surface area (Å²) in [6.45, 7) is 0.148. The first-order valence-electron chi connectivity index (χ1n) is 7.56. The van der Waals surface area contributed by atoms with Crippen LogP contribution in [0.25, 0.3) is 11.1 Å². The number of carbonyl (C=O) groups excluding carboxylic acids is 2. The molecule has 0 aliphatic carbocycles. The van der Waals surface area contributed by atoms with Crippen LogP contribution in [0.2, 0.25) is 0 Å². The quantitative estimate of drug-likeness (QED) is 0.523. The number of benzene rings is 2. The van der Waals surface area contributed by atoms with Gasteiger partial charge in [0.15, 0.2) is 5.58 Å². The Kier molecular flexibility index (Phi) is 4.65. The Morgan fingerprint density at radius 2 is 1.80 bits per heavy atom. The van der Waals surface area contributed by atoms with Crippen molar-refractivity contribution in [3.05, 3.63) is 64.6 Å². The lowest BCUT2D eigenvalue weighted by Crippen LogP contribution is -2.18. The standard InChI is InChI=1S/C18H15NO6/c1-23-17(21)12-6-8-13(9-7-12)24-16(20)10-11-19-14-4-2-3-5-15(14)25-18(19)22/h2-9H,10-11H2,1H3. The molecular formula is C18H15NO6. The van der Waals surface area contributed by atoms with Crippen molar-refractivity contribution in [3.63, 3.8) is 0 Å². The van der Waals surface area contributed by atoms with Gasteiger partial charge in [-0.25, -0.2) is 9.59 Å². The fraction of sp³-hybridized carbons (Fsp3) is 0.167. The molecule has 25 heavy (non-hydrogen) atoms. The third-order valence-electron chi connectivity index (χ3n) is 3.62. The number of ether oxygens (including phenoxy) is 2. The van der Waals surface area contributed by atoms with Crippen molar-refractivity contribution in [1.82, 2.24) is 4.57 Å². The lowest BCUT2D eigenvalue weighted by molar-refractivity contribution is -0.134. The first-order valence-corrected chi connectivity index (χ1v) is 7.56. The van der Waals surface area contributed by atoms with Crippen LogP contribution in [0, 0.1) is 0 Å². The van der Waals surface area contributed by atoms with Crippen LogP contribution in [0.1, 0.15) is 16.8 Å². The highest BCUT2D eigenvalue weighted by Crippen LogP contribution is 2.15. The van der Waals surface area contributed by atoms with E-state index in [-0.39, 0.29) is 13.0 Å². The molecule has 1 aromatic heterocycles. The van der Waals surface area contributed by atoms with Crippen molar-refractivity contribution in [2.24, 2.45) is 0 Å². The van der Waals surface area contributed by atoms with Crippen LogP contribution in [0.4, 0.5) is 0 Å². The fourth-order valence-electron chi connectivity index (χ4n) is 2.39. The molecule has 0 N–H and O–H groups in total. The van der Waals surface area contributed by atoms with Gasteiger partial charge in [0, 0.05) is 6.54 Å². The summed E-state index contributed by atoms with van der Waals surface area (Å²) < 4.78 is 16.3. The topological polar surface area (TPSA) is 87.7 Å². The molecule has 0 aliphatic heterocycles. The van der Waals surface area contributed by atoms with Crippen molar-refractivity contribution < 1.29 is 23.5 Å². The zero-order valence-electron chi connectivity index (χ0n) is 13.4. The maximum atomic E-state index is 12.0. The minimum absolute atomic E-state index is 0.00217. The summed E-state index contributed by atoms with van der Waals surface area (Å²) in [5.41, 5.74) is 1.46. The third-order valence-corrected chi connectivity index (χ3v) is 3.62. The Morgan fingerprint density at radius 1 is 1.08 bits per heavy atom. The number of methoxy groups -OCH3 is 1. The molecule has 2 aromatic carbocycles. The van der Waals surface area contributed by atoms with E-state index >= 15 is 0 Å². The predicted octanol–water partition coefficient (Wildman–Crippen LogP) is 2.38. The molecule has 0 radical (unpaired) electrons. The molecule has 0 saturated carbocycles. The van der Waals surface area contributed by atoms with Crippen molar-refractivity contribution >= 4 is 23.0 Å². The number of oxazole rings is 1. The second-order valence-corrected chi connectivity index (χ2v) is 5.23. The average molecular weight is 341 g/mol. The maximum absolute atomic E-state index is 12.0. The van der Waals surface area contributed by atoms with E-state index in [0.717, 1.165) is 0 Å².